The van der Waals surface area contributed by atoms with Gasteiger partial charge in [0.05, 0.1) is 5.75 Å². The number of hydrogen-bond acceptors (Lipinski definition) is 4. The molecule has 0 bridgehead atoms. The van der Waals surface area contributed by atoms with E-state index in [0.717, 1.165) is 11.1 Å². The lowest BCUT2D eigenvalue weighted by Gasteiger charge is -2.28. The summed E-state index contributed by atoms with van der Waals surface area (Å²) in [6.45, 7) is 2.74. The van der Waals surface area contributed by atoms with Gasteiger partial charge in [-0.1, -0.05) is 13.0 Å². The number of nitrogens with zero attached hydrogens (tertiary/aromatic N) is 1. The number of carbonyl (C=O) groups excluding carboxylic acids is 1. The molecule has 1 aromatic rings. The minimum atomic E-state index is -3.19. The van der Waals surface area contributed by atoms with Gasteiger partial charge in [0.15, 0.2) is 0 Å². The number of sulfonamides is 1. The molecule has 2 rings (SSSR count). The number of ether oxygens (including phenoxy) is 1. The Morgan fingerprint density at radius 2 is 2.14 bits per heavy atom. The standard InChI is InChI=1S/C15H22N2O4S/c1-3-8-22(19,20)17-7-6-12-4-5-14(9-13(12)10-17)16-15(18)11-21-2/h4-5,9H,3,6-8,10-11H2,1-2H3,(H,16,18). The number of benzene rings is 1. The van der Waals surface area contributed by atoms with Gasteiger partial charge in [-0.25, -0.2) is 8.42 Å². The van der Waals surface area contributed by atoms with E-state index in [9.17, 15) is 13.2 Å². The third-order valence-electron chi connectivity index (χ3n) is 3.60. The summed E-state index contributed by atoms with van der Waals surface area (Å²) in [5.74, 6) is -0.0548. The second kappa shape index (κ2) is 7.21. The first-order valence-corrected chi connectivity index (χ1v) is 8.95. The van der Waals surface area contributed by atoms with Crippen LogP contribution in [0.3, 0.4) is 0 Å². The van der Waals surface area contributed by atoms with Crippen LogP contribution < -0.4 is 5.32 Å². The Morgan fingerprint density at radius 1 is 1.36 bits per heavy atom. The van der Waals surface area contributed by atoms with Crippen molar-refractivity contribution in [2.45, 2.75) is 26.3 Å². The zero-order valence-electron chi connectivity index (χ0n) is 13.0. The topological polar surface area (TPSA) is 75.7 Å². The molecule has 0 radical (unpaired) electrons. The van der Waals surface area contributed by atoms with Crippen molar-refractivity contribution >= 4 is 21.6 Å². The molecule has 1 heterocycles. The molecule has 0 spiro atoms. The van der Waals surface area contributed by atoms with E-state index in [1.54, 1.807) is 0 Å². The van der Waals surface area contributed by atoms with Crippen molar-refractivity contribution in [3.63, 3.8) is 0 Å². The van der Waals surface area contributed by atoms with Crippen molar-refractivity contribution < 1.29 is 17.9 Å². The first kappa shape index (κ1) is 16.9. The SMILES string of the molecule is CCCS(=O)(=O)N1CCc2ccc(NC(=O)COC)cc2C1. The Hall–Kier alpha value is -1.44. The Balaban J connectivity index is 2.14. The predicted octanol–water partition coefficient (Wildman–Crippen LogP) is 1.37. The minimum Gasteiger partial charge on any atom is -0.375 e. The Kier molecular flexibility index (Phi) is 5.55. The Bertz CT molecular complexity index is 643. The van der Waals surface area contributed by atoms with Gasteiger partial charge in [0.25, 0.3) is 0 Å². The molecule has 0 unspecified atom stereocenters. The van der Waals surface area contributed by atoms with Crippen molar-refractivity contribution in [2.75, 3.05) is 31.3 Å². The van der Waals surface area contributed by atoms with Crippen molar-refractivity contribution in [1.82, 2.24) is 4.31 Å². The number of amides is 1. The van der Waals surface area contributed by atoms with Gasteiger partial charge in [-0.05, 0) is 36.1 Å². The van der Waals surface area contributed by atoms with E-state index in [1.165, 1.54) is 11.4 Å². The van der Waals surface area contributed by atoms with Crippen LogP contribution in [0.5, 0.6) is 0 Å². The lowest BCUT2D eigenvalue weighted by Crippen LogP contribution is -2.37. The van der Waals surface area contributed by atoms with Crippen LogP contribution in [0.2, 0.25) is 0 Å². The fraction of sp³-hybridized carbons (Fsp3) is 0.533. The number of hydrogen-bond donors (Lipinski definition) is 1. The molecule has 1 aromatic carbocycles. The van der Waals surface area contributed by atoms with E-state index in [1.807, 2.05) is 25.1 Å². The van der Waals surface area contributed by atoms with Gasteiger partial charge in [0.2, 0.25) is 15.9 Å². The number of rotatable bonds is 6. The number of anilines is 1. The summed E-state index contributed by atoms with van der Waals surface area (Å²) in [5, 5.41) is 2.74. The summed E-state index contributed by atoms with van der Waals surface area (Å²) in [6.07, 6.45) is 1.31. The molecule has 22 heavy (non-hydrogen) atoms. The molecule has 0 fully saturated rings. The second-order valence-corrected chi connectivity index (χ2v) is 7.45. The second-order valence-electron chi connectivity index (χ2n) is 5.36. The van der Waals surface area contributed by atoms with Gasteiger partial charge in [0.1, 0.15) is 6.61 Å². The number of fused-ring (bicyclic) bond motifs is 1. The average Bonchev–Trinajstić information content (AvgIpc) is 2.46. The van der Waals surface area contributed by atoms with Crippen LogP contribution in [0.1, 0.15) is 24.5 Å². The predicted molar refractivity (Wildman–Crippen MR) is 85.1 cm³/mol. The monoisotopic (exact) mass is 326 g/mol. The van der Waals surface area contributed by atoms with Crippen LogP contribution in [0.15, 0.2) is 18.2 Å². The normalized spacial score (nSPS) is 15.4. The van der Waals surface area contributed by atoms with Crippen molar-refractivity contribution in [3.8, 4) is 0 Å². The van der Waals surface area contributed by atoms with Crippen LogP contribution in [0.4, 0.5) is 5.69 Å². The van der Waals surface area contributed by atoms with Gasteiger partial charge in [0, 0.05) is 25.9 Å². The van der Waals surface area contributed by atoms with Gasteiger partial charge in [-0.3, -0.25) is 4.79 Å². The molecule has 6 nitrogen and oxygen atoms in total. The van der Waals surface area contributed by atoms with E-state index in [-0.39, 0.29) is 18.3 Å². The van der Waals surface area contributed by atoms with Gasteiger partial charge in [-0.15, -0.1) is 0 Å². The van der Waals surface area contributed by atoms with E-state index in [4.69, 9.17) is 4.74 Å². The van der Waals surface area contributed by atoms with Crippen LogP contribution in [-0.2, 0) is 32.5 Å². The Morgan fingerprint density at radius 3 is 2.82 bits per heavy atom. The molecule has 0 aliphatic carbocycles. The maximum atomic E-state index is 12.2. The van der Waals surface area contributed by atoms with Crippen molar-refractivity contribution in [3.05, 3.63) is 29.3 Å². The Labute approximate surface area is 131 Å². The van der Waals surface area contributed by atoms with Crippen molar-refractivity contribution in [2.24, 2.45) is 0 Å². The highest BCUT2D eigenvalue weighted by molar-refractivity contribution is 7.89. The molecular weight excluding hydrogens is 304 g/mol. The van der Waals surface area contributed by atoms with Crippen LogP contribution in [-0.4, -0.2) is 44.6 Å². The average molecular weight is 326 g/mol. The highest BCUT2D eigenvalue weighted by Crippen LogP contribution is 2.24. The molecule has 0 saturated carbocycles. The number of methoxy groups -OCH3 is 1. The summed E-state index contributed by atoms with van der Waals surface area (Å²) in [6, 6.07) is 5.63. The fourth-order valence-corrected chi connectivity index (χ4v) is 4.04. The molecule has 1 aliphatic heterocycles. The first-order chi connectivity index (χ1) is 10.5. The van der Waals surface area contributed by atoms with Crippen LogP contribution in [0.25, 0.3) is 0 Å². The van der Waals surface area contributed by atoms with Crippen LogP contribution >= 0.6 is 0 Å². The van der Waals surface area contributed by atoms with Gasteiger partial charge >= 0.3 is 0 Å². The fourth-order valence-electron chi connectivity index (χ4n) is 2.56. The lowest BCUT2D eigenvalue weighted by atomic mass is 10.0. The molecule has 1 aliphatic rings. The zero-order chi connectivity index (χ0) is 16.2. The molecule has 1 amide bonds. The summed E-state index contributed by atoms with van der Waals surface area (Å²) < 4.78 is 30.7. The molecule has 1 N–H and O–H groups in total. The molecule has 7 heteroatoms. The highest BCUT2D eigenvalue weighted by Gasteiger charge is 2.26. The molecule has 0 aromatic heterocycles. The third kappa shape index (κ3) is 4.06. The van der Waals surface area contributed by atoms with E-state index < -0.39 is 10.0 Å². The van der Waals surface area contributed by atoms with E-state index in [0.29, 0.717) is 31.6 Å². The maximum absolute atomic E-state index is 12.2. The largest absolute Gasteiger partial charge is 0.375 e. The molecule has 0 saturated heterocycles. The van der Waals surface area contributed by atoms with Crippen molar-refractivity contribution in [1.29, 1.82) is 0 Å². The van der Waals surface area contributed by atoms with Crippen LogP contribution in [0, 0.1) is 0 Å². The smallest absolute Gasteiger partial charge is 0.250 e. The first-order valence-electron chi connectivity index (χ1n) is 7.34. The van der Waals surface area contributed by atoms with Gasteiger partial charge in [-0.2, -0.15) is 4.31 Å². The number of carbonyl (C=O) groups is 1. The molecular formula is C15H22N2O4S. The molecule has 0 atom stereocenters. The minimum absolute atomic E-state index is 0.00586. The quantitative estimate of drug-likeness (QED) is 0.857. The summed E-state index contributed by atoms with van der Waals surface area (Å²) in [7, 11) is -1.73. The lowest BCUT2D eigenvalue weighted by molar-refractivity contribution is -0.119. The summed E-state index contributed by atoms with van der Waals surface area (Å²) >= 11 is 0. The van der Waals surface area contributed by atoms with Gasteiger partial charge < -0.3 is 10.1 Å². The summed E-state index contributed by atoms with van der Waals surface area (Å²) in [5.41, 5.74) is 2.74. The maximum Gasteiger partial charge on any atom is 0.250 e. The van der Waals surface area contributed by atoms with E-state index >= 15 is 0 Å². The summed E-state index contributed by atoms with van der Waals surface area (Å²) in [4.78, 5) is 11.5. The van der Waals surface area contributed by atoms with E-state index in [2.05, 4.69) is 5.32 Å². The third-order valence-corrected chi connectivity index (χ3v) is 5.62. The molecule has 122 valence electrons. The number of nitrogens with one attached hydrogen (secondary N) is 1. The highest BCUT2D eigenvalue weighted by atomic mass is 32.2. The zero-order valence-corrected chi connectivity index (χ0v) is 13.8.